The SMILES string of the molecule is c1ccc(COCCOCCOC2CCCCO2)cc1. The van der Waals surface area contributed by atoms with Crippen molar-refractivity contribution in [2.45, 2.75) is 32.2 Å². The summed E-state index contributed by atoms with van der Waals surface area (Å²) >= 11 is 0. The van der Waals surface area contributed by atoms with E-state index in [1.54, 1.807) is 0 Å². The van der Waals surface area contributed by atoms with Crippen LogP contribution in [-0.4, -0.2) is 39.3 Å². The van der Waals surface area contributed by atoms with E-state index in [9.17, 15) is 0 Å². The summed E-state index contributed by atoms with van der Waals surface area (Å²) in [7, 11) is 0. The van der Waals surface area contributed by atoms with E-state index in [0.29, 0.717) is 33.0 Å². The fourth-order valence-electron chi connectivity index (χ4n) is 2.07. The highest BCUT2D eigenvalue weighted by molar-refractivity contribution is 5.13. The van der Waals surface area contributed by atoms with E-state index < -0.39 is 0 Å². The highest BCUT2D eigenvalue weighted by atomic mass is 16.7. The Bertz CT molecular complexity index is 336. The topological polar surface area (TPSA) is 36.9 Å². The van der Waals surface area contributed by atoms with Gasteiger partial charge < -0.3 is 18.9 Å². The van der Waals surface area contributed by atoms with E-state index in [-0.39, 0.29) is 6.29 Å². The molecule has 1 saturated heterocycles. The Balaban J connectivity index is 1.38. The highest BCUT2D eigenvalue weighted by Gasteiger charge is 2.13. The lowest BCUT2D eigenvalue weighted by atomic mass is 10.2. The fourth-order valence-corrected chi connectivity index (χ4v) is 2.07. The molecule has 1 heterocycles. The summed E-state index contributed by atoms with van der Waals surface area (Å²) in [6.07, 6.45) is 3.32. The molecule has 0 radical (unpaired) electrons. The van der Waals surface area contributed by atoms with Crippen LogP contribution in [0.4, 0.5) is 0 Å². The molecule has 1 fully saturated rings. The van der Waals surface area contributed by atoms with Crippen LogP contribution in [0, 0.1) is 0 Å². The highest BCUT2D eigenvalue weighted by Crippen LogP contribution is 2.13. The molecule has 0 saturated carbocycles. The summed E-state index contributed by atoms with van der Waals surface area (Å²) in [6, 6.07) is 10.1. The van der Waals surface area contributed by atoms with Gasteiger partial charge >= 0.3 is 0 Å². The van der Waals surface area contributed by atoms with Gasteiger partial charge in [-0.25, -0.2) is 0 Å². The van der Waals surface area contributed by atoms with Crippen molar-refractivity contribution in [3.05, 3.63) is 35.9 Å². The Hall–Kier alpha value is -0.940. The van der Waals surface area contributed by atoms with Gasteiger partial charge in [0.15, 0.2) is 6.29 Å². The van der Waals surface area contributed by atoms with Gasteiger partial charge in [0.2, 0.25) is 0 Å². The average molecular weight is 280 g/mol. The van der Waals surface area contributed by atoms with Gasteiger partial charge in [0.05, 0.1) is 33.0 Å². The molecule has 4 nitrogen and oxygen atoms in total. The number of ether oxygens (including phenoxy) is 4. The third kappa shape index (κ3) is 6.48. The Morgan fingerprint density at radius 2 is 1.75 bits per heavy atom. The summed E-state index contributed by atoms with van der Waals surface area (Å²) in [5.41, 5.74) is 1.19. The van der Waals surface area contributed by atoms with E-state index in [1.807, 2.05) is 18.2 Å². The maximum atomic E-state index is 5.57. The van der Waals surface area contributed by atoms with Crippen LogP contribution in [0.5, 0.6) is 0 Å². The van der Waals surface area contributed by atoms with Crippen molar-refractivity contribution in [3.63, 3.8) is 0 Å². The summed E-state index contributed by atoms with van der Waals surface area (Å²) < 4.78 is 22.0. The molecule has 20 heavy (non-hydrogen) atoms. The molecule has 1 aliphatic rings. The molecule has 0 bridgehead atoms. The summed E-state index contributed by atoms with van der Waals surface area (Å²) in [5.74, 6) is 0. The van der Waals surface area contributed by atoms with Crippen molar-refractivity contribution >= 4 is 0 Å². The summed E-state index contributed by atoms with van der Waals surface area (Å²) in [4.78, 5) is 0. The lowest BCUT2D eigenvalue weighted by Gasteiger charge is -2.22. The Labute approximate surface area is 121 Å². The number of benzene rings is 1. The maximum Gasteiger partial charge on any atom is 0.157 e. The standard InChI is InChI=1S/C16H24O4/c1-2-6-15(7-3-1)14-18-11-10-17-12-13-20-16-8-4-5-9-19-16/h1-3,6-7,16H,4-5,8-14H2. The van der Waals surface area contributed by atoms with Crippen LogP contribution in [0.3, 0.4) is 0 Å². The normalized spacial score (nSPS) is 19.1. The first-order chi connectivity index (χ1) is 9.95. The second-order valence-electron chi connectivity index (χ2n) is 4.82. The number of hydrogen-bond donors (Lipinski definition) is 0. The minimum Gasteiger partial charge on any atom is -0.377 e. The van der Waals surface area contributed by atoms with Gasteiger partial charge in [0.25, 0.3) is 0 Å². The van der Waals surface area contributed by atoms with Crippen LogP contribution in [0.15, 0.2) is 30.3 Å². The molecule has 4 heteroatoms. The van der Waals surface area contributed by atoms with Crippen LogP contribution in [0.25, 0.3) is 0 Å². The van der Waals surface area contributed by atoms with Crippen molar-refractivity contribution in [3.8, 4) is 0 Å². The molecule has 1 aromatic rings. The van der Waals surface area contributed by atoms with Crippen LogP contribution >= 0.6 is 0 Å². The van der Waals surface area contributed by atoms with Crippen LogP contribution in [0.2, 0.25) is 0 Å². The van der Waals surface area contributed by atoms with Crippen molar-refractivity contribution in [2.24, 2.45) is 0 Å². The monoisotopic (exact) mass is 280 g/mol. The third-order valence-electron chi connectivity index (χ3n) is 3.15. The zero-order valence-corrected chi connectivity index (χ0v) is 12.0. The zero-order valence-electron chi connectivity index (χ0n) is 12.0. The van der Waals surface area contributed by atoms with Gasteiger partial charge in [0, 0.05) is 6.61 Å². The van der Waals surface area contributed by atoms with Crippen molar-refractivity contribution in [2.75, 3.05) is 33.0 Å². The molecule has 1 unspecified atom stereocenters. The van der Waals surface area contributed by atoms with E-state index in [0.717, 1.165) is 19.4 Å². The molecule has 0 aromatic heterocycles. The first kappa shape index (κ1) is 15.4. The Morgan fingerprint density at radius 3 is 2.55 bits per heavy atom. The zero-order chi connectivity index (χ0) is 13.9. The molecule has 1 atom stereocenters. The summed E-state index contributed by atoms with van der Waals surface area (Å²) in [5, 5.41) is 0. The fraction of sp³-hybridized carbons (Fsp3) is 0.625. The van der Waals surface area contributed by atoms with Crippen LogP contribution in [-0.2, 0) is 25.6 Å². The van der Waals surface area contributed by atoms with Gasteiger partial charge in [-0.2, -0.15) is 0 Å². The van der Waals surface area contributed by atoms with Crippen LogP contribution in [0.1, 0.15) is 24.8 Å². The van der Waals surface area contributed by atoms with Crippen molar-refractivity contribution < 1.29 is 18.9 Å². The minimum absolute atomic E-state index is 0.0262. The Morgan fingerprint density at radius 1 is 0.950 bits per heavy atom. The predicted molar refractivity (Wildman–Crippen MR) is 76.5 cm³/mol. The third-order valence-corrected chi connectivity index (χ3v) is 3.15. The molecule has 1 aliphatic heterocycles. The molecule has 2 rings (SSSR count). The molecule has 0 N–H and O–H groups in total. The number of hydrogen-bond acceptors (Lipinski definition) is 4. The van der Waals surface area contributed by atoms with Crippen LogP contribution < -0.4 is 0 Å². The summed E-state index contributed by atoms with van der Waals surface area (Å²) in [6.45, 7) is 3.84. The predicted octanol–water partition coefficient (Wildman–Crippen LogP) is 2.76. The Kier molecular flexibility index (Phi) is 7.64. The van der Waals surface area contributed by atoms with Gasteiger partial charge in [-0.1, -0.05) is 30.3 Å². The minimum atomic E-state index is -0.0262. The van der Waals surface area contributed by atoms with E-state index in [4.69, 9.17) is 18.9 Å². The first-order valence-corrected chi connectivity index (χ1v) is 7.38. The lowest BCUT2D eigenvalue weighted by Crippen LogP contribution is -2.24. The molecular weight excluding hydrogens is 256 g/mol. The smallest absolute Gasteiger partial charge is 0.157 e. The van der Waals surface area contributed by atoms with Gasteiger partial charge in [-0.15, -0.1) is 0 Å². The molecule has 0 spiro atoms. The van der Waals surface area contributed by atoms with E-state index in [2.05, 4.69) is 12.1 Å². The second kappa shape index (κ2) is 9.88. The molecule has 0 amide bonds. The molecule has 0 aliphatic carbocycles. The van der Waals surface area contributed by atoms with Gasteiger partial charge in [0.1, 0.15) is 0 Å². The van der Waals surface area contributed by atoms with E-state index >= 15 is 0 Å². The van der Waals surface area contributed by atoms with Crippen molar-refractivity contribution in [1.82, 2.24) is 0 Å². The quantitative estimate of drug-likeness (QED) is 0.652. The van der Waals surface area contributed by atoms with Gasteiger partial charge in [-0.3, -0.25) is 0 Å². The molecule has 1 aromatic carbocycles. The largest absolute Gasteiger partial charge is 0.377 e. The molecular formula is C16H24O4. The second-order valence-corrected chi connectivity index (χ2v) is 4.82. The van der Waals surface area contributed by atoms with E-state index in [1.165, 1.54) is 12.0 Å². The lowest BCUT2D eigenvalue weighted by molar-refractivity contribution is -0.169. The van der Waals surface area contributed by atoms with Gasteiger partial charge in [-0.05, 0) is 24.8 Å². The van der Waals surface area contributed by atoms with Crippen molar-refractivity contribution in [1.29, 1.82) is 0 Å². The number of rotatable bonds is 9. The molecule has 112 valence electrons. The average Bonchev–Trinajstić information content (AvgIpc) is 2.52. The first-order valence-electron chi connectivity index (χ1n) is 7.38. The maximum absolute atomic E-state index is 5.57.